The fraction of sp³-hybridized carbons (Fsp3) is 0.357. The number of nitrogens with one attached hydrogen (secondary N) is 1. The van der Waals surface area contributed by atoms with E-state index in [2.05, 4.69) is 27.2 Å². The van der Waals surface area contributed by atoms with E-state index in [4.69, 9.17) is 0 Å². The van der Waals surface area contributed by atoms with Gasteiger partial charge in [-0.3, -0.25) is 4.98 Å². The van der Waals surface area contributed by atoms with Crippen molar-refractivity contribution in [3.63, 3.8) is 0 Å². The van der Waals surface area contributed by atoms with Crippen molar-refractivity contribution in [2.75, 3.05) is 7.05 Å². The third-order valence-electron chi connectivity index (χ3n) is 3.18. The first-order valence-corrected chi connectivity index (χ1v) is 6.05. The van der Waals surface area contributed by atoms with Gasteiger partial charge in [-0.15, -0.1) is 0 Å². The molecule has 0 saturated carbocycles. The highest BCUT2D eigenvalue weighted by atomic mass is 14.9. The maximum Gasteiger partial charge on any atom is 0.159 e. The second kappa shape index (κ2) is 5.23. The van der Waals surface area contributed by atoms with E-state index in [1.165, 1.54) is 0 Å². The normalized spacial score (nSPS) is 12.4. The van der Waals surface area contributed by atoms with Gasteiger partial charge in [0, 0.05) is 41.5 Å². The summed E-state index contributed by atoms with van der Waals surface area (Å²) in [7, 11) is 1.94. The molecule has 0 spiro atoms. The van der Waals surface area contributed by atoms with Crippen LogP contribution in [0.4, 0.5) is 0 Å². The predicted molar refractivity (Wildman–Crippen MR) is 72.2 cm³/mol. The van der Waals surface area contributed by atoms with Crippen LogP contribution in [0.5, 0.6) is 0 Å². The van der Waals surface area contributed by atoms with Crippen molar-refractivity contribution in [1.29, 1.82) is 0 Å². The molecule has 2 heterocycles. The van der Waals surface area contributed by atoms with Crippen LogP contribution >= 0.6 is 0 Å². The summed E-state index contributed by atoms with van der Waals surface area (Å²) in [5, 5.41) is 3.20. The van der Waals surface area contributed by atoms with Gasteiger partial charge in [-0.1, -0.05) is 0 Å². The molecule has 4 nitrogen and oxygen atoms in total. The average molecular weight is 242 g/mol. The van der Waals surface area contributed by atoms with E-state index in [0.717, 1.165) is 28.2 Å². The molecule has 0 fully saturated rings. The molecule has 94 valence electrons. The summed E-state index contributed by atoms with van der Waals surface area (Å²) in [6.07, 6.45) is 5.50. The largest absolute Gasteiger partial charge is 0.313 e. The molecule has 0 radical (unpaired) electrons. The summed E-state index contributed by atoms with van der Waals surface area (Å²) in [6.45, 7) is 6.14. The minimum Gasteiger partial charge on any atom is -0.313 e. The van der Waals surface area contributed by atoms with Crippen molar-refractivity contribution >= 4 is 0 Å². The minimum atomic E-state index is 0.262. The lowest BCUT2D eigenvalue weighted by Crippen LogP contribution is -2.15. The lowest BCUT2D eigenvalue weighted by molar-refractivity contribution is 0.641. The molecular weight excluding hydrogens is 224 g/mol. The fourth-order valence-electron chi connectivity index (χ4n) is 1.91. The van der Waals surface area contributed by atoms with Crippen LogP contribution < -0.4 is 5.32 Å². The second-order valence-corrected chi connectivity index (χ2v) is 4.44. The number of aromatic nitrogens is 3. The van der Waals surface area contributed by atoms with Crippen molar-refractivity contribution in [1.82, 2.24) is 20.3 Å². The van der Waals surface area contributed by atoms with E-state index in [-0.39, 0.29) is 6.04 Å². The highest BCUT2D eigenvalue weighted by molar-refractivity contribution is 5.58. The van der Waals surface area contributed by atoms with Gasteiger partial charge in [-0.2, -0.15) is 0 Å². The quantitative estimate of drug-likeness (QED) is 0.898. The summed E-state index contributed by atoms with van der Waals surface area (Å²) in [6, 6.07) is 2.21. The maximum atomic E-state index is 4.59. The fourth-order valence-corrected chi connectivity index (χ4v) is 1.91. The zero-order chi connectivity index (χ0) is 13.1. The molecule has 0 saturated heterocycles. The van der Waals surface area contributed by atoms with Gasteiger partial charge in [0.1, 0.15) is 0 Å². The summed E-state index contributed by atoms with van der Waals surface area (Å²) in [5.41, 5.74) is 4.27. The Bertz CT molecular complexity index is 551. The highest BCUT2D eigenvalue weighted by Crippen LogP contribution is 2.21. The van der Waals surface area contributed by atoms with Crippen LogP contribution in [-0.4, -0.2) is 22.0 Å². The minimum absolute atomic E-state index is 0.262. The van der Waals surface area contributed by atoms with Gasteiger partial charge in [-0.05, 0) is 39.4 Å². The highest BCUT2D eigenvalue weighted by Gasteiger charge is 2.11. The van der Waals surface area contributed by atoms with E-state index < -0.39 is 0 Å². The Morgan fingerprint density at radius 1 is 1.22 bits per heavy atom. The molecule has 2 aromatic rings. The molecule has 1 unspecified atom stereocenters. The molecular formula is C14H18N4. The summed E-state index contributed by atoms with van der Waals surface area (Å²) in [5.74, 6) is 0.763. The number of hydrogen-bond donors (Lipinski definition) is 1. The van der Waals surface area contributed by atoms with Crippen LogP contribution in [0.15, 0.2) is 24.7 Å². The Kier molecular flexibility index (Phi) is 3.67. The van der Waals surface area contributed by atoms with Crippen LogP contribution in [0.1, 0.15) is 29.8 Å². The molecule has 0 aliphatic carbocycles. The van der Waals surface area contributed by atoms with Crippen molar-refractivity contribution < 1.29 is 0 Å². The Morgan fingerprint density at radius 2 is 2.00 bits per heavy atom. The van der Waals surface area contributed by atoms with Crippen LogP contribution in [0, 0.1) is 13.8 Å². The first-order chi connectivity index (χ1) is 8.63. The SMILES string of the molecule is CNC(C)c1cnc(-c2ccncc2C)nc1C. The third kappa shape index (κ3) is 2.38. The topological polar surface area (TPSA) is 50.7 Å². The average Bonchev–Trinajstić information content (AvgIpc) is 2.38. The monoisotopic (exact) mass is 242 g/mol. The van der Waals surface area contributed by atoms with E-state index in [9.17, 15) is 0 Å². The van der Waals surface area contributed by atoms with E-state index in [1.807, 2.05) is 39.4 Å². The Hall–Kier alpha value is -1.81. The van der Waals surface area contributed by atoms with Crippen molar-refractivity contribution in [3.05, 3.63) is 41.5 Å². The number of rotatable bonds is 3. The first kappa shape index (κ1) is 12.6. The van der Waals surface area contributed by atoms with E-state index >= 15 is 0 Å². The molecule has 1 N–H and O–H groups in total. The number of nitrogens with zero attached hydrogens (tertiary/aromatic N) is 3. The standard InChI is InChI=1S/C14H18N4/c1-9-7-16-6-5-12(9)14-17-8-13(10(2)15-4)11(3)18-14/h5-8,10,15H,1-4H3. The lowest BCUT2D eigenvalue weighted by atomic mass is 10.1. The lowest BCUT2D eigenvalue weighted by Gasteiger charge is -2.13. The van der Waals surface area contributed by atoms with Crippen LogP contribution in [0.3, 0.4) is 0 Å². The molecule has 0 aliphatic heterocycles. The zero-order valence-corrected chi connectivity index (χ0v) is 11.2. The van der Waals surface area contributed by atoms with Crippen LogP contribution in [-0.2, 0) is 0 Å². The molecule has 0 aromatic carbocycles. The van der Waals surface area contributed by atoms with Gasteiger partial charge in [0.05, 0.1) is 0 Å². The predicted octanol–water partition coefficient (Wildman–Crippen LogP) is 2.44. The van der Waals surface area contributed by atoms with Gasteiger partial charge < -0.3 is 5.32 Å². The number of aryl methyl sites for hydroxylation is 2. The zero-order valence-electron chi connectivity index (χ0n) is 11.2. The molecule has 2 rings (SSSR count). The van der Waals surface area contributed by atoms with Gasteiger partial charge in [-0.25, -0.2) is 9.97 Å². The number of hydrogen-bond acceptors (Lipinski definition) is 4. The van der Waals surface area contributed by atoms with Crippen molar-refractivity contribution in [3.8, 4) is 11.4 Å². The van der Waals surface area contributed by atoms with E-state index in [1.54, 1.807) is 6.20 Å². The van der Waals surface area contributed by atoms with Gasteiger partial charge in [0.25, 0.3) is 0 Å². The molecule has 18 heavy (non-hydrogen) atoms. The van der Waals surface area contributed by atoms with Gasteiger partial charge in [0.2, 0.25) is 0 Å². The molecule has 1 atom stereocenters. The Balaban J connectivity index is 2.44. The van der Waals surface area contributed by atoms with Crippen molar-refractivity contribution in [2.45, 2.75) is 26.8 Å². The van der Waals surface area contributed by atoms with Crippen LogP contribution in [0.25, 0.3) is 11.4 Å². The van der Waals surface area contributed by atoms with Crippen molar-refractivity contribution in [2.24, 2.45) is 0 Å². The molecule has 0 aliphatic rings. The van der Waals surface area contributed by atoms with Gasteiger partial charge >= 0.3 is 0 Å². The summed E-state index contributed by atoms with van der Waals surface area (Å²) < 4.78 is 0. The third-order valence-corrected chi connectivity index (χ3v) is 3.18. The molecule has 4 heteroatoms. The smallest absolute Gasteiger partial charge is 0.159 e. The maximum absolute atomic E-state index is 4.59. The first-order valence-electron chi connectivity index (χ1n) is 6.05. The molecule has 0 amide bonds. The summed E-state index contributed by atoms with van der Waals surface area (Å²) >= 11 is 0. The number of pyridine rings is 1. The Morgan fingerprint density at radius 3 is 2.61 bits per heavy atom. The second-order valence-electron chi connectivity index (χ2n) is 4.44. The Labute approximate surface area is 108 Å². The van der Waals surface area contributed by atoms with Crippen LogP contribution in [0.2, 0.25) is 0 Å². The van der Waals surface area contributed by atoms with Gasteiger partial charge in [0.15, 0.2) is 5.82 Å². The molecule has 0 bridgehead atoms. The van der Waals surface area contributed by atoms with E-state index in [0.29, 0.717) is 0 Å². The summed E-state index contributed by atoms with van der Waals surface area (Å²) in [4.78, 5) is 13.1. The molecule has 2 aromatic heterocycles.